The molecule has 0 spiro atoms. The Labute approximate surface area is 168 Å². The van der Waals surface area contributed by atoms with Crippen molar-refractivity contribution in [2.24, 2.45) is 5.10 Å². The molecule has 0 fully saturated rings. The van der Waals surface area contributed by atoms with Crippen molar-refractivity contribution in [3.05, 3.63) is 87.0 Å². The SMILES string of the molecule is Cc1cc(/C=N\Nc2ccc(C(F)(F)F)cc2[N+](=O)[O-])c(C)n1-c1ccc(F)cc1. The summed E-state index contributed by atoms with van der Waals surface area (Å²) in [6, 6.07) is 9.90. The fraction of sp³-hybridized carbons (Fsp3) is 0.150. The molecule has 0 unspecified atom stereocenters. The summed E-state index contributed by atoms with van der Waals surface area (Å²) in [5, 5.41) is 15.1. The van der Waals surface area contributed by atoms with Crippen LogP contribution in [0.3, 0.4) is 0 Å². The topological polar surface area (TPSA) is 72.5 Å². The van der Waals surface area contributed by atoms with Crippen molar-refractivity contribution in [1.82, 2.24) is 4.57 Å². The van der Waals surface area contributed by atoms with Gasteiger partial charge < -0.3 is 4.57 Å². The van der Waals surface area contributed by atoms with Gasteiger partial charge in [0.05, 0.1) is 16.7 Å². The highest BCUT2D eigenvalue weighted by Crippen LogP contribution is 2.35. The molecule has 30 heavy (non-hydrogen) atoms. The Morgan fingerprint density at radius 1 is 1.10 bits per heavy atom. The van der Waals surface area contributed by atoms with Crippen LogP contribution in [0, 0.1) is 29.8 Å². The summed E-state index contributed by atoms with van der Waals surface area (Å²) < 4.78 is 53.4. The van der Waals surface area contributed by atoms with E-state index in [4.69, 9.17) is 0 Å². The lowest BCUT2D eigenvalue weighted by Crippen LogP contribution is -2.06. The number of rotatable bonds is 5. The third kappa shape index (κ3) is 4.32. The molecule has 0 atom stereocenters. The first-order chi connectivity index (χ1) is 14.1. The molecule has 2 aromatic carbocycles. The maximum atomic E-state index is 13.2. The first-order valence-electron chi connectivity index (χ1n) is 8.67. The molecular formula is C20H16F4N4O2. The molecule has 10 heteroatoms. The van der Waals surface area contributed by atoms with Crippen LogP contribution in [0.15, 0.2) is 53.6 Å². The molecule has 1 N–H and O–H groups in total. The van der Waals surface area contributed by atoms with E-state index >= 15 is 0 Å². The summed E-state index contributed by atoms with van der Waals surface area (Å²) in [6.45, 7) is 3.67. The number of hydrogen-bond acceptors (Lipinski definition) is 4. The second kappa shape index (κ2) is 7.97. The molecular weight excluding hydrogens is 404 g/mol. The van der Waals surface area contributed by atoms with Gasteiger partial charge in [0.15, 0.2) is 0 Å². The summed E-state index contributed by atoms with van der Waals surface area (Å²) in [7, 11) is 0. The van der Waals surface area contributed by atoms with Gasteiger partial charge in [0, 0.05) is 28.7 Å². The van der Waals surface area contributed by atoms with E-state index in [2.05, 4.69) is 10.5 Å². The van der Waals surface area contributed by atoms with Crippen molar-refractivity contribution in [3.8, 4) is 5.69 Å². The van der Waals surface area contributed by atoms with E-state index in [-0.39, 0.29) is 11.5 Å². The second-order valence-electron chi connectivity index (χ2n) is 6.50. The molecule has 0 aliphatic rings. The lowest BCUT2D eigenvalue weighted by Gasteiger charge is -2.09. The first-order valence-corrected chi connectivity index (χ1v) is 8.67. The van der Waals surface area contributed by atoms with Gasteiger partial charge in [-0.3, -0.25) is 15.5 Å². The lowest BCUT2D eigenvalue weighted by molar-refractivity contribution is -0.384. The number of halogens is 4. The molecule has 0 bridgehead atoms. The largest absolute Gasteiger partial charge is 0.416 e. The predicted molar refractivity (Wildman–Crippen MR) is 105 cm³/mol. The highest BCUT2D eigenvalue weighted by Gasteiger charge is 2.33. The zero-order chi connectivity index (χ0) is 22.1. The number of nitro benzene ring substituents is 1. The fourth-order valence-corrected chi connectivity index (χ4v) is 3.03. The van der Waals surface area contributed by atoms with Gasteiger partial charge in [0.25, 0.3) is 5.69 Å². The molecule has 0 saturated carbocycles. The molecule has 0 saturated heterocycles. The van der Waals surface area contributed by atoms with Crippen LogP contribution in [0.25, 0.3) is 5.69 Å². The van der Waals surface area contributed by atoms with Crippen LogP contribution >= 0.6 is 0 Å². The van der Waals surface area contributed by atoms with Crippen molar-refractivity contribution < 1.29 is 22.5 Å². The summed E-state index contributed by atoms with van der Waals surface area (Å²) in [4.78, 5) is 10.2. The molecule has 1 heterocycles. The monoisotopic (exact) mass is 420 g/mol. The fourth-order valence-electron chi connectivity index (χ4n) is 3.03. The molecule has 0 aliphatic carbocycles. The zero-order valence-corrected chi connectivity index (χ0v) is 15.9. The number of hydrogen-bond donors (Lipinski definition) is 1. The van der Waals surface area contributed by atoms with E-state index in [0.717, 1.165) is 29.2 Å². The van der Waals surface area contributed by atoms with Gasteiger partial charge in [-0.25, -0.2) is 4.39 Å². The molecule has 0 amide bonds. The zero-order valence-electron chi connectivity index (χ0n) is 15.9. The lowest BCUT2D eigenvalue weighted by atomic mass is 10.1. The van der Waals surface area contributed by atoms with E-state index in [1.54, 1.807) is 12.1 Å². The number of hydrazone groups is 1. The number of anilines is 1. The quantitative estimate of drug-likeness (QED) is 0.253. The van der Waals surface area contributed by atoms with E-state index in [1.807, 2.05) is 24.5 Å². The van der Waals surface area contributed by atoms with Crippen LogP contribution in [0.2, 0.25) is 0 Å². The van der Waals surface area contributed by atoms with E-state index in [9.17, 15) is 27.7 Å². The van der Waals surface area contributed by atoms with Crippen LogP contribution in [0.4, 0.5) is 28.9 Å². The Hall–Kier alpha value is -3.69. The average molecular weight is 420 g/mol. The highest BCUT2D eigenvalue weighted by atomic mass is 19.4. The number of nitrogens with zero attached hydrogens (tertiary/aromatic N) is 3. The molecule has 3 rings (SSSR count). The molecule has 3 aromatic rings. The van der Waals surface area contributed by atoms with Crippen molar-refractivity contribution >= 4 is 17.6 Å². The van der Waals surface area contributed by atoms with Crippen molar-refractivity contribution in [3.63, 3.8) is 0 Å². The van der Waals surface area contributed by atoms with Crippen molar-refractivity contribution in [2.75, 3.05) is 5.43 Å². The van der Waals surface area contributed by atoms with Gasteiger partial charge in [-0.2, -0.15) is 18.3 Å². The number of alkyl halides is 3. The van der Waals surface area contributed by atoms with Crippen LogP contribution in [0.5, 0.6) is 0 Å². The van der Waals surface area contributed by atoms with Gasteiger partial charge in [-0.05, 0) is 56.3 Å². The molecule has 0 radical (unpaired) electrons. The van der Waals surface area contributed by atoms with Gasteiger partial charge in [-0.1, -0.05) is 0 Å². The minimum atomic E-state index is -4.69. The highest BCUT2D eigenvalue weighted by molar-refractivity contribution is 5.83. The Morgan fingerprint density at radius 2 is 1.77 bits per heavy atom. The van der Waals surface area contributed by atoms with Crippen molar-refractivity contribution in [2.45, 2.75) is 20.0 Å². The van der Waals surface area contributed by atoms with Gasteiger partial charge >= 0.3 is 6.18 Å². The third-order valence-corrected chi connectivity index (χ3v) is 4.47. The Bertz CT molecular complexity index is 1120. The second-order valence-corrected chi connectivity index (χ2v) is 6.50. The number of benzene rings is 2. The van der Waals surface area contributed by atoms with Crippen LogP contribution < -0.4 is 5.43 Å². The number of nitrogens with one attached hydrogen (secondary N) is 1. The summed E-state index contributed by atoms with van der Waals surface area (Å²) >= 11 is 0. The van der Waals surface area contributed by atoms with Gasteiger partial charge in [-0.15, -0.1) is 0 Å². The van der Waals surface area contributed by atoms with E-state index in [1.165, 1.54) is 18.3 Å². The molecule has 0 aliphatic heterocycles. The third-order valence-electron chi connectivity index (χ3n) is 4.47. The first kappa shape index (κ1) is 21.0. The molecule has 6 nitrogen and oxygen atoms in total. The van der Waals surface area contributed by atoms with E-state index < -0.39 is 22.4 Å². The summed E-state index contributed by atoms with van der Waals surface area (Å²) in [6.07, 6.45) is -3.28. The smallest absolute Gasteiger partial charge is 0.318 e. The van der Waals surface area contributed by atoms with Crippen LogP contribution in [-0.4, -0.2) is 15.7 Å². The maximum Gasteiger partial charge on any atom is 0.416 e. The molecule has 156 valence electrons. The van der Waals surface area contributed by atoms with Crippen LogP contribution in [0.1, 0.15) is 22.5 Å². The minimum absolute atomic E-state index is 0.170. The standard InChI is InChI=1S/C20H16F4N4O2/c1-12-9-14(13(2)27(12)17-6-4-16(21)5-7-17)11-25-26-18-8-3-15(20(22,23)24)10-19(18)28(29)30/h3-11,26H,1-2H3/b25-11-. The Balaban J connectivity index is 1.87. The van der Waals surface area contributed by atoms with E-state index in [0.29, 0.717) is 11.6 Å². The van der Waals surface area contributed by atoms with Gasteiger partial charge in [0.1, 0.15) is 11.5 Å². The average Bonchev–Trinajstić information content (AvgIpc) is 2.95. The number of aromatic nitrogens is 1. The minimum Gasteiger partial charge on any atom is -0.318 e. The Kier molecular flexibility index (Phi) is 5.59. The predicted octanol–water partition coefficient (Wildman–Crippen LogP) is 5.61. The maximum absolute atomic E-state index is 13.2. The number of aryl methyl sites for hydroxylation is 1. The normalized spacial score (nSPS) is 11.8. The van der Waals surface area contributed by atoms with Crippen molar-refractivity contribution in [1.29, 1.82) is 0 Å². The molecule has 1 aromatic heterocycles. The number of nitro groups is 1. The summed E-state index contributed by atoms with van der Waals surface area (Å²) in [5.74, 6) is -0.356. The van der Waals surface area contributed by atoms with Gasteiger partial charge in [0.2, 0.25) is 0 Å². The summed E-state index contributed by atoms with van der Waals surface area (Å²) in [5.41, 5.74) is 3.46. The Morgan fingerprint density at radius 3 is 2.37 bits per heavy atom. The van der Waals surface area contributed by atoms with Crippen LogP contribution in [-0.2, 0) is 6.18 Å².